The Labute approximate surface area is 136 Å². The number of hydrogen-bond donors (Lipinski definition) is 1. The topological polar surface area (TPSA) is 62.5 Å². The van der Waals surface area contributed by atoms with E-state index in [1.54, 1.807) is 0 Å². The van der Waals surface area contributed by atoms with Crippen LogP contribution in [-0.2, 0) is 17.5 Å². The van der Waals surface area contributed by atoms with Crippen molar-refractivity contribution in [2.75, 3.05) is 20.1 Å². The number of aromatic nitrogens is 3. The summed E-state index contributed by atoms with van der Waals surface area (Å²) in [6.45, 7) is 1.70. The van der Waals surface area contributed by atoms with Gasteiger partial charge in [-0.1, -0.05) is 0 Å². The van der Waals surface area contributed by atoms with Gasteiger partial charge < -0.3 is 10.2 Å². The highest BCUT2D eigenvalue weighted by Crippen LogP contribution is 2.31. The Morgan fingerprint density at radius 3 is 2.92 bits per heavy atom. The molecule has 2 aromatic heterocycles. The van der Waals surface area contributed by atoms with Crippen LogP contribution in [0.5, 0.6) is 0 Å². The quantitative estimate of drug-likeness (QED) is 0.923. The normalized spacial score (nSPS) is 19.6. The minimum Gasteiger partial charge on any atom is -0.349 e. The molecule has 6 nitrogen and oxygen atoms in total. The van der Waals surface area contributed by atoms with Gasteiger partial charge in [0.05, 0.1) is 12.5 Å². The fourth-order valence-corrected chi connectivity index (χ4v) is 3.00. The fraction of sp³-hybridized carbons (Fsp3) is 0.533. The summed E-state index contributed by atoms with van der Waals surface area (Å²) in [5.41, 5.74) is -1.10. The third kappa shape index (κ3) is 3.35. The van der Waals surface area contributed by atoms with Crippen molar-refractivity contribution in [2.45, 2.75) is 25.6 Å². The van der Waals surface area contributed by atoms with Crippen LogP contribution < -0.4 is 5.32 Å². The minimum atomic E-state index is -4.50. The maximum Gasteiger partial charge on any atom is 0.420 e. The van der Waals surface area contributed by atoms with Crippen molar-refractivity contribution in [3.63, 3.8) is 0 Å². The standard InChI is InChI=1S/C15H18F3N5O/c1-22-6-2-4-10(9-22)14(24)19-8-12-20-21-13-11(15(16,17)18)5-3-7-23(12)13/h3,5,7,10H,2,4,6,8-9H2,1H3,(H,19,24)/t10-/m0/s1. The molecule has 1 N–H and O–H groups in total. The Hall–Kier alpha value is -2.16. The number of hydrogen-bond acceptors (Lipinski definition) is 4. The SMILES string of the molecule is CN1CCC[C@H](C(=O)NCc2nnc3c(C(F)(F)F)cccn23)C1. The highest BCUT2D eigenvalue weighted by molar-refractivity contribution is 5.78. The summed E-state index contributed by atoms with van der Waals surface area (Å²) in [7, 11) is 1.96. The molecule has 0 unspecified atom stereocenters. The van der Waals surface area contributed by atoms with E-state index in [0.717, 1.165) is 25.5 Å². The molecular weight excluding hydrogens is 323 g/mol. The molecule has 1 amide bonds. The second kappa shape index (κ2) is 6.39. The lowest BCUT2D eigenvalue weighted by Gasteiger charge is -2.28. The molecule has 2 aromatic rings. The Morgan fingerprint density at radius 1 is 1.42 bits per heavy atom. The lowest BCUT2D eigenvalue weighted by Crippen LogP contribution is -2.41. The molecule has 9 heteroatoms. The van der Waals surface area contributed by atoms with Gasteiger partial charge in [0.1, 0.15) is 5.56 Å². The van der Waals surface area contributed by atoms with E-state index in [-0.39, 0.29) is 29.8 Å². The zero-order valence-electron chi connectivity index (χ0n) is 13.2. The predicted molar refractivity (Wildman–Crippen MR) is 80.1 cm³/mol. The van der Waals surface area contributed by atoms with E-state index in [4.69, 9.17) is 0 Å². The molecule has 0 aliphatic carbocycles. The number of nitrogens with zero attached hydrogens (tertiary/aromatic N) is 4. The van der Waals surface area contributed by atoms with Gasteiger partial charge in [0.25, 0.3) is 0 Å². The molecule has 1 aliphatic heterocycles. The average Bonchev–Trinajstić information content (AvgIpc) is 2.94. The lowest BCUT2D eigenvalue weighted by atomic mass is 9.98. The molecule has 0 aromatic carbocycles. The molecule has 0 bridgehead atoms. The Morgan fingerprint density at radius 2 is 2.21 bits per heavy atom. The number of piperidine rings is 1. The molecule has 3 rings (SSSR count). The summed E-state index contributed by atoms with van der Waals surface area (Å²) in [6, 6.07) is 2.25. The number of pyridine rings is 1. The zero-order chi connectivity index (χ0) is 17.3. The molecule has 1 fully saturated rings. The highest BCUT2D eigenvalue weighted by atomic mass is 19.4. The molecule has 0 saturated carbocycles. The van der Waals surface area contributed by atoms with Crippen LogP contribution in [0.3, 0.4) is 0 Å². The van der Waals surface area contributed by atoms with Crippen molar-refractivity contribution in [2.24, 2.45) is 5.92 Å². The van der Waals surface area contributed by atoms with E-state index < -0.39 is 11.7 Å². The van der Waals surface area contributed by atoms with Crippen molar-refractivity contribution in [1.29, 1.82) is 0 Å². The number of amides is 1. The fourth-order valence-electron chi connectivity index (χ4n) is 3.00. The molecule has 1 aliphatic rings. The summed E-state index contributed by atoms with van der Waals surface area (Å²) < 4.78 is 40.2. The summed E-state index contributed by atoms with van der Waals surface area (Å²) in [4.78, 5) is 14.3. The molecule has 24 heavy (non-hydrogen) atoms. The van der Waals surface area contributed by atoms with Gasteiger partial charge in [-0.2, -0.15) is 13.2 Å². The van der Waals surface area contributed by atoms with Crippen LogP contribution in [0.15, 0.2) is 18.3 Å². The number of halogens is 3. The van der Waals surface area contributed by atoms with Crippen molar-refractivity contribution in [3.05, 3.63) is 29.7 Å². The second-order valence-electron chi connectivity index (χ2n) is 6.05. The lowest BCUT2D eigenvalue weighted by molar-refractivity contribution is -0.136. The minimum absolute atomic E-state index is 0.0432. The first-order valence-corrected chi connectivity index (χ1v) is 7.72. The highest BCUT2D eigenvalue weighted by Gasteiger charge is 2.34. The monoisotopic (exact) mass is 341 g/mol. The zero-order valence-corrected chi connectivity index (χ0v) is 13.2. The van der Waals surface area contributed by atoms with E-state index >= 15 is 0 Å². The van der Waals surface area contributed by atoms with E-state index in [1.165, 1.54) is 16.7 Å². The predicted octanol–water partition coefficient (Wildman–Crippen LogP) is 1.71. The van der Waals surface area contributed by atoms with Crippen LogP contribution >= 0.6 is 0 Å². The number of likely N-dealkylation sites (tertiary alicyclic amines) is 1. The first-order valence-electron chi connectivity index (χ1n) is 7.72. The summed E-state index contributed by atoms with van der Waals surface area (Å²) >= 11 is 0. The van der Waals surface area contributed by atoms with Gasteiger partial charge in [-0.25, -0.2) is 0 Å². The van der Waals surface area contributed by atoms with Gasteiger partial charge in [-0.05, 0) is 38.6 Å². The number of carbonyl (C=O) groups excluding carboxylic acids is 1. The first-order chi connectivity index (χ1) is 11.4. The van der Waals surface area contributed by atoms with E-state index in [2.05, 4.69) is 20.4 Å². The van der Waals surface area contributed by atoms with Gasteiger partial charge in [0, 0.05) is 12.7 Å². The Bertz CT molecular complexity index is 742. The van der Waals surface area contributed by atoms with Crippen molar-refractivity contribution < 1.29 is 18.0 Å². The van der Waals surface area contributed by atoms with E-state index in [1.807, 2.05) is 7.05 Å². The van der Waals surface area contributed by atoms with Crippen molar-refractivity contribution in [1.82, 2.24) is 24.8 Å². The van der Waals surface area contributed by atoms with Crippen LogP contribution in [0.1, 0.15) is 24.2 Å². The third-order valence-corrected chi connectivity index (χ3v) is 4.23. The second-order valence-corrected chi connectivity index (χ2v) is 6.05. The molecule has 3 heterocycles. The van der Waals surface area contributed by atoms with Gasteiger partial charge in [-0.15, -0.1) is 10.2 Å². The average molecular weight is 341 g/mol. The van der Waals surface area contributed by atoms with Crippen molar-refractivity contribution >= 4 is 11.6 Å². The van der Waals surface area contributed by atoms with E-state index in [0.29, 0.717) is 6.54 Å². The number of rotatable bonds is 3. The maximum atomic E-state index is 13.0. The summed E-state index contributed by atoms with van der Waals surface area (Å²) in [5, 5.41) is 10.2. The van der Waals surface area contributed by atoms with E-state index in [9.17, 15) is 18.0 Å². The van der Waals surface area contributed by atoms with Gasteiger partial charge in [0.15, 0.2) is 11.5 Å². The molecular formula is C15H18F3N5O. The number of carbonyl (C=O) groups is 1. The molecule has 1 atom stereocenters. The Balaban J connectivity index is 1.73. The van der Waals surface area contributed by atoms with Crippen LogP contribution in [-0.4, -0.2) is 45.5 Å². The van der Waals surface area contributed by atoms with Crippen LogP contribution in [0.4, 0.5) is 13.2 Å². The van der Waals surface area contributed by atoms with Crippen LogP contribution in [0, 0.1) is 5.92 Å². The molecule has 130 valence electrons. The maximum absolute atomic E-state index is 13.0. The van der Waals surface area contributed by atoms with Gasteiger partial charge in [0.2, 0.25) is 5.91 Å². The summed E-state index contributed by atoms with van der Waals surface area (Å²) in [6.07, 6.45) is -1.27. The number of fused-ring (bicyclic) bond motifs is 1. The van der Waals surface area contributed by atoms with Crippen LogP contribution in [0.2, 0.25) is 0 Å². The van der Waals surface area contributed by atoms with Gasteiger partial charge >= 0.3 is 6.18 Å². The number of nitrogens with one attached hydrogen (secondary N) is 1. The van der Waals surface area contributed by atoms with Crippen LogP contribution in [0.25, 0.3) is 5.65 Å². The smallest absolute Gasteiger partial charge is 0.349 e. The van der Waals surface area contributed by atoms with Gasteiger partial charge in [-0.3, -0.25) is 9.20 Å². The first kappa shape index (κ1) is 16.7. The largest absolute Gasteiger partial charge is 0.420 e. The molecule has 0 spiro atoms. The third-order valence-electron chi connectivity index (χ3n) is 4.23. The number of alkyl halides is 3. The summed E-state index contributed by atoms with van der Waals surface area (Å²) in [5.74, 6) is 0.0626. The van der Waals surface area contributed by atoms with Crippen molar-refractivity contribution in [3.8, 4) is 0 Å². The molecule has 1 saturated heterocycles. The Kier molecular flexibility index (Phi) is 4.44. The molecule has 0 radical (unpaired) electrons.